The Hall–Kier alpha value is -0.860. The van der Waals surface area contributed by atoms with Crippen molar-refractivity contribution in [2.75, 3.05) is 6.26 Å². The standard InChI is InChI=1S/C15H15S2/c1-17-10-12-6-2-4-8-14(12)16-15-9-5-3-7-13(15)11-17/h2-9H,10-11H2,1H3/q+1. The smallest absolute Gasteiger partial charge is 0.0892 e. The van der Waals surface area contributed by atoms with Crippen molar-refractivity contribution in [3.63, 3.8) is 0 Å². The first kappa shape index (κ1) is 11.2. The van der Waals surface area contributed by atoms with Crippen molar-refractivity contribution in [1.82, 2.24) is 0 Å². The highest BCUT2D eigenvalue weighted by Gasteiger charge is 2.21. The monoisotopic (exact) mass is 259 g/mol. The van der Waals surface area contributed by atoms with Crippen molar-refractivity contribution in [3.05, 3.63) is 59.7 Å². The Balaban J connectivity index is 2.09. The molecule has 2 heteroatoms. The maximum absolute atomic E-state index is 2.38. The third-order valence-electron chi connectivity index (χ3n) is 2.97. The van der Waals surface area contributed by atoms with Crippen LogP contribution in [0.2, 0.25) is 0 Å². The zero-order valence-corrected chi connectivity index (χ0v) is 11.5. The minimum Gasteiger partial charge on any atom is -0.0892 e. The van der Waals surface area contributed by atoms with Crippen LogP contribution in [0.5, 0.6) is 0 Å². The van der Waals surface area contributed by atoms with Crippen LogP contribution < -0.4 is 0 Å². The van der Waals surface area contributed by atoms with E-state index >= 15 is 0 Å². The van der Waals surface area contributed by atoms with Crippen LogP contribution in [0.25, 0.3) is 0 Å². The fraction of sp³-hybridized carbons (Fsp3) is 0.200. The zero-order chi connectivity index (χ0) is 11.7. The molecule has 0 fully saturated rings. The second kappa shape index (κ2) is 4.79. The van der Waals surface area contributed by atoms with Gasteiger partial charge in [0.05, 0.1) is 6.26 Å². The van der Waals surface area contributed by atoms with E-state index in [1.165, 1.54) is 32.4 Å². The molecule has 2 aromatic rings. The van der Waals surface area contributed by atoms with E-state index in [2.05, 4.69) is 54.8 Å². The Morgan fingerprint density at radius 3 is 1.82 bits per heavy atom. The Kier molecular flexibility index (Phi) is 3.17. The average molecular weight is 259 g/mol. The normalized spacial score (nSPS) is 15.6. The molecule has 0 saturated heterocycles. The molecule has 0 atom stereocenters. The van der Waals surface area contributed by atoms with Crippen LogP contribution in [-0.2, 0) is 22.4 Å². The molecular weight excluding hydrogens is 244 g/mol. The van der Waals surface area contributed by atoms with Gasteiger partial charge in [-0.2, -0.15) is 0 Å². The van der Waals surface area contributed by atoms with Gasteiger partial charge in [-0.1, -0.05) is 48.2 Å². The van der Waals surface area contributed by atoms with Crippen molar-refractivity contribution in [1.29, 1.82) is 0 Å². The van der Waals surface area contributed by atoms with Crippen LogP contribution in [0, 0.1) is 0 Å². The second-order valence-electron chi connectivity index (χ2n) is 4.39. The van der Waals surface area contributed by atoms with E-state index in [1.54, 1.807) is 0 Å². The van der Waals surface area contributed by atoms with Crippen molar-refractivity contribution in [3.8, 4) is 0 Å². The molecule has 0 unspecified atom stereocenters. The highest BCUT2D eigenvalue weighted by Crippen LogP contribution is 2.36. The fourth-order valence-electron chi connectivity index (χ4n) is 2.15. The van der Waals surface area contributed by atoms with Crippen LogP contribution >= 0.6 is 11.8 Å². The SMILES string of the molecule is C[S+]1Cc2ccccc2Sc2ccccc2C1. The summed E-state index contributed by atoms with van der Waals surface area (Å²) in [4.78, 5) is 2.86. The van der Waals surface area contributed by atoms with Crippen LogP contribution in [-0.4, -0.2) is 6.26 Å². The summed E-state index contributed by atoms with van der Waals surface area (Å²) in [7, 11) is 0.445. The van der Waals surface area contributed by atoms with E-state index in [0.29, 0.717) is 10.9 Å². The number of hydrogen-bond acceptors (Lipinski definition) is 1. The highest BCUT2D eigenvalue weighted by atomic mass is 32.2. The van der Waals surface area contributed by atoms with E-state index in [4.69, 9.17) is 0 Å². The van der Waals surface area contributed by atoms with Gasteiger partial charge < -0.3 is 0 Å². The van der Waals surface area contributed by atoms with Gasteiger partial charge in [0, 0.05) is 20.9 Å². The molecule has 0 aromatic heterocycles. The Morgan fingerprint density at radius 1 is 0.824 bits per heavy atom. The van der Waals surface area contributed by atoms with Crippen LogP contribution in [0.1, 0.15) is 11.1 Å². The Morgan fingerprint density at radius 2 is 1.29 bits per heavy atom. The maximum atomic E-state index is 2.38. The number of fused-ring (bicyclic) bond motifs is 2. The van der Waals surface area contributed by atoms with E-state index < -0.39 is 0 Å². The van der Waals surface area contributed by atoms with Gasteiger partial charge in [0.2, 0.25) is 0 Å². The predicted octanol–water partition coefficient (Wildman–Crippen LogP) is 4.10. The summed E-state index contributed by atoms with van der Waals surface area (Å²) in [6, 6.07) is 17.7. The minimum absolute atomic E-state index is 0.445. The third kappa shape index (κ3) is 2.38. The molecule has 0 aliphatic carbocycles. The summed E-state index contributed by atoms with van der Waals surface area (Å²) in [6.07, 6.45) is 2.38. The lowest BCUT2D eigenvalue weighted by Crippen LogP contribution is -2.10. The largest absolute Gasteiger partial charge is 0.134 e. The van der Waals surface area contributed by atoms with Crippen LogP contribution in [0.4, 0.5) is 0 Å². The lowest BCUT2D eigenvalue weighted by Gasteiger charge is -2.15. The fourth-order valence-corrected chi connectivity index (χ4v) is 5.07. The molecule has 1 aliphatic heterocycles. The molecule has 86 valence electrons. The molecule has 17 heavy (non-hydrogen) atoms. The summed E-state index contributed by atoms with van der Waals surface area (Å²) in [5.41, 5.74) is 3.02. The van der Waals surface area contributed by atoms with Crippen molar-refractivity contribution in [2.45, 2.75) is 21.3 Å². The third-order valence-corrected chi connectivity index (χ3v) is 5.81. The Bertz CT molecular complexity index is 486. The first-order valence-corrected chi connectivity index (χ1v) is 8.54. The summed E-state index contributed by atoms with van der Waals surface area (Å²) in [5.74, 6) is 2.44. The Labute approximate surface area is 110 Å². The molecule has 0 saturated carbocycles. The lowest BCUT2D eigenvalue weighted by molar-refractivity contribution is 1.19. The molecule has 3 rings (SSSR count). The molecule has 0 radical (unpaired) electrons. The molecule has 0 bridgehead atoms. The molecule has 1 heterocycles. The first-order valence-electron chi connectivity index (χ1n) is 5.76. The summed E-state index contributed by atoms with van der Waals surface area (Å²) < 4.78 is 0. The molecule has 0 N–H and O–H groups in total. The van der Waals surface area contributed by atoms with Crippen molar-refractivity contribution < 1.29 is 0 Å². The average Bonchev–Trinajstić information content (AvgIpc) is 2.31. The molecule has 1 aliphatic rings. The zero-order valence-electron chi connectivity index (χ0n) is 9.85. The topological polar surface area (TPSA) is 0 Å². The number of hydrogen-bond donors (Lipinski definition) is 0. The van der Waals surface area contributed by atoms with Gasteiger partial charge in [-0.15, -0.1) is 0 Å². The van der Waals surface area contributed by atoms with Gasteiger partial charge in [0.15, 0.2) is 0 Å². The van der Waals surface area contributed by atoms with Crippen LogP contribution in [0.3, 0.4) is 0 Å². The van der Waals surface area contributed by atoms with E-state index in [-0.39, 0.29) is 0 Å². The van der Waals surface area contributed by atoms with Gasteiger partial charge in [-0.05, 0) is 23.0 Å². The lowest BCUT2D eigenvalue weighted by atomic mass is 10.2. The molecular formula is C15H15S2+. The summed E-state index contributed by atoms with van der Waals surface area (Å²) in [6.45, 7) is 0. The number of benzene rings is 2. The molecule has 0 nitrogen and oxygen atoms in total. The quantitative estimate of drug-likeness (QED) is 0.642. The first-order chi connectivity index (χ1) is 8.33. The number of rotatable bonds is 0. The van der Waals surface area contributed by atoms with E-state index in [0.717, 1.165) is 0 Å². The van der Waals surface area contributed by atoms with Crippen molar-refractivity contribution in [2.24, 2.45) is 0 Å². The minimum atomic E-state index is 0.445. The summed E-state index contributed by atoms with van der Waals surface area (Å²) in [5, 5.41) is 0. The van der Waals surface area contributed by atoms with Crippen molar-refractivity contribution >= 4 is 22.7 Å². The van der Waals surface area contributed by atoms with Gasteiger partial charge in [-0.3, -0.25) is 0 Å². The molecule has 2 aromatic carbocycles. The predicted molar refractivity (Wildman–Crippen MR) is 77.7 cm³/mol. The summed E-state index contributed by atoms with van der Waals surface area (Å²) >= 11 is 1.92. The van der Waals surface area contributed by atoms with E-state index in [9.17, 15) is 0 Å². The van der Waals surface area contributed by atoms with Gasteiger partial charge in [-0.25, -0.2) is 0 Å². The maximum Gasteiger partial charge on any atom is 0.134 e. The van der Waals surface area contributed by atoms with Gasteiger partial charge >= 0.3 is 0 Å². The van der Waals surface area contributed by atoms with E-state index in [1.807, 2.05) is 11.8 Å². The van der Waals surface area contributed by atoms with Gasteiger partial charge in [0.25, 0.3) is 0 Å². The molecule has 0 spiro atoms. The van der Waals surface area contributed by atoms with Crippen LogP contribution in [0.15, 0.2) is 58.3 Å². The van der Waals surface area contributed by atoms with Gasteiger partial charge in [0.1, 0.15) is 11.5 Å². The molecule has 0 amide bonds. The second-order valence-corrected chi connectivity index (χ2v) is 7.61. The highest BCUT2D eigenvalue weighted by molar-refractivity contribution is 8.00.